The van der Waals surface area contributed by atoms with Gasteiger partial charge in [0.1, 0.15) is 11.6 Å². The molecular formula is C20H16F2N2O3. The molecule has 3 aromatic rings. The van der Waals surface area contributed by atoms with Gasteiger partial charge in [-0.05, 0) is 43.3 Å². The Morgan fingerprint density at radius 2 is 1.85 bits per heavy atom. The number of halogens is 2. The van der Waals surface area contributed by atoms with Gasteiger partial charge in [-0.3, -0.25) is 9.59 Å². The van der Waals surface area contributed by atoms with Crippen LogP contribution in [-0.2, 0) is 11.2 Å². The molecule has 1 N–H and O–H groups in total. The highest BCUT2D eigenvalue weighted by atomic mass is 19.1. The van der Waals surface area contributed by atoms with E-state index in [1.807, 2.05) is 0 Å². The van der Waals surface area contributed by atoms with Gasteiger partial charge in [0.2, 0.25) is 5.91 Å². The van der Waals surface area contributed by atoms with Crippen molar-refractivity contribution in [3.8, 4) is 11.3 Å². The molecule has 0 radical (unpaired) electrons. The van der Waals surface area contributed by atoms with Crippen molar-refractivity contribution in [1.29, 1.82) is 0 Å². The third-order valence-corrected chi connectivity index (χ3v) is 3.89. The third-order valence-electron chi connectivity index (χ3n) is 3.89. The number of ketones is 1. The molecule has 0 aliphatic heterocycles. The van der Waals surface area contributed by atoms with Crippen LogP contribution in [0.15, 0.2) is 53.1 Å². The topological polar surface area (TPSA) is 72.2 Å². The number of rotatable bonds is 6. The first-order valence-electron chi connectivity index (χ1n) is 8.23. The molecule has 0 spiro atoms. The monoisotopic (exact) mass is 370 g/mol. The number of hydrogen-bond acceptors (Lipinski definition) is 4. The Hall–Kier alpha value is -3.35. The molecule has 0 bridgehead atoms. The minimum Gasteiger partial charge on any atom is -0.441 e. The van der Waals surface area contributed by atoms with Crippen molar-refractivity contribution >= 4 is 17.4 Å². The Morgan fingerprint density at radius 1 is 1.11 bits per heavy atom. The molecular weight excluding hydrogens is 354 g/mol. The predicted octanol–water partition coefficient (Wildman–Crippen LogP) is 4.39. The summed E-state index contributed by atoms with van der Waals surface area (Å²) in [6, 6.07) is 9.73. The van der Waals surface area contributed by atoms with Gasteiger partial charge < -0.3 is 9.73 Å². The summed E-state index contributed by atoms with van der Waals surface area (Å²) < 4.78 is 32.2. The van der Waals surface area contributed by atoms with Crippen LogP contribution < -0.4 is 5.32 Å². The van der Waals surface area contributed by atoms with Gasteiger partial charge in [-0.2, -0.15) is 0 Å². The maximum absolute atomic E-state index is 13.8. The van der Waals surface area contributed by atoms with Crippen LogP contribution in [0.4, 0.5) is 14.5 Å². The van der Waals surface area contributed by atoms with Crippen molar-refractivity contribution in [2.24, 2.45) is 0 Å². The second-order valence-corrected chi connectivity index (χ2v) is 5.92. The Bertz CT molecular complexity index is 981. The Balaban J connectivity index is 1.58. The summed E-state index contributed by atoms with van der Waals surface area (Å²) >= 11 is 0. The van der Waals surface area contributed by atoms with Gasteiger partial charge in [0.25, 0.3) is 0 Å². The molecule has 0 aliphatic rings. The SMILES string of the molecule is CC(=O)c1ccc(NC(=O)CCc2ncc(-c3ccc(F)cc3F)o2)cc1. The normalized spacial score (nSPS) is 10.6. The lowest BCUT2D eigenvalue weighted by atomic mass is 10.1. The summed E-state index contributed by atoms with van der Waals surface area (Å²) in [5, 5.41) is 2.71. The zero-order valence-electron chi connectivity index (χ0n) is 14.5. The molecule has 0 aliphatic carbocycles. The summed E-state index contributed by atoms with van der Waals surface area (Å²) in [6.45, 7) is 1.47. The number of aryl methyl sites for hydroxylation is 1. The lowest BCUT2D eigenvalue weighted by Gasteiger charge is -2.05. The summed E-state index contributed by atoms with van der Waals surface area (Å²) in [5.74, 6) is -1.28. The molecule has 27 heavy (non-hydrogen) atoms. The molecule has 1 amide bonds. The second-order valence-electron chi connectivity index (χ2n) is 5.92. The van der Waals surface area contributed by atoms with Gasteiger partial charge in [0.05, 0.1) is 11.8 Å². The number of amides is 1. The largest absolute Gasteiger partial charge is 0.441 e. The van der Waals surface area contributed by atoms with Crippen LogP contribution in [0, 0.1) is 11.6 Å². The summed E-state index contributed by atoms with van der Waals surface area (Å²) in [6.07, 6.45) is 1.67. The molecule has 0 unspecified atom stereocenters. The molecule has 1 aromatic heterocycles. The summed E-state index contributed by atoms with van der Waals surface area (Å²) in [5.41, 5.74) is 1.24. The van der Waals surface area contributed by atoms with Crippen molar-refractivity contribution in [3.05, 3.63) is 71.8 Å². The van der Waals surface area contributed by atoms with E-state index in [1.54, 1.807) is 24.3 Å². The minimum atomic E-state index is -0.746. The zero-order chi connectivity index (χ0) is 19.4. The molecule has 0 saturated heterocycles. The van der Waals surface area contributed by atoms with E-state index in [0.29, 0.717) is 11.3 Å². The number of hydrogen-bond donors (Lipinski definition) is 1. The predicted molar refractivity (Wildman–Crippen MR) is 95.3 cm³/mol. The first kappa shape index (κ1) is 18.4. The zero-order valence-corrected chi connectivity index (χ0v) is 14.5. The maximum atomic E-state index is 13.8. The lowest BCUT2D eigenvalue weighted by molar-refractivity contribution is -0.116. The summed E-state index contributed by atoms with van der Waals surface area (Å²) in [4.78, 5) is 27.3. The number of nitrogens with one attached hydrogen (secondary N) is 1. The number of nitrogens with zero attached hydrogens (tertiary/aromatic N) is 1. The van der Waals surface area contributed by atoms with Crippen LogP contribution >= 0.6 is 0 Å². The highest BCUT2D eigenvalue weighted by molar-refractivity contribution is 5.95. The average Bonchev–Trinajstić information content (AvgIpc) is 3.09. The number of carbonyl (C=O) groups excluding carboxylic acids is 2. The average molecular weight is 370 g/mol. The molecule has 138 valence electrons. The van der Waals surface area contributed by atoms with E-state index in [2.05, 4.69) is 10.3 Å². The van der Waals surface area contributed by atoms with E-state index in [4.69, 9.17) is 4.42 Å². The van der Waals surface area contributed by atoms with Gasteiger partial charge in [0.15, 0.2) is 17.4 Å². The number of aromatic nitrogens is 1. The van der Waals surface area contributed by atoms with Gasteiger partial charge in [-0.1, -0.05) is 0 Å². The number of Topliss-reactive ketones (excluding diaryl/α,β-unsaturated/α-hetero) is 1. The van der Waals surface area contributed by atoms with Crippen LogP contribution in [-0.4, -0.2) is 16.7 Å². The smallest absolute Gasteiger partial charge is 0.224 e. The minimum absolute atomic E-state index is 0.0508. The van der Waals surface area contributed by atoms with Crippen molar-refractivity contribution in [2.45, 2.75) is 19.8 Å². The maximum Gasteiger partial charge on any atom is 0.224 e. The third kappa shape index (κ3) is 4.63. The number of anilines is 1. The molecule has 5 nitrogen and oxygen atoms in total. The Kier molecular flexibility index (Phi) is 5.40. The molecule has 0 fully saturated rings. The lowest BCUT2D eigenvalue weighted by Crippen LogP contribution is -2.12. The van der Waals surface area contributed by atoms with Crippen molar-refractivity contribution in [3.63, 3.8) is 0 Å². The molecule has 7 heteroatoms. The van der Waals surface area contributed by atoms with Crippen molar-refractivity contribution in [2.75, 3.05) is 5.32 Å². The van der Waals surface area contributed by atoms with E-state index in [-0.39, 0.29) is 41.7 Å². The standard InChI is InChI=1S/C20H16F2N2O3/c1-12(25)13-2-5-15(6-3-13)24-19(26)8-9-20-23-11-18(27-20)16-7-4-14(21)10-17(16)22/h2-7,10-11H,8-9H2,1H3,(H,24,26). The second kappa shape index (κ2) is 7.90. The molecule has 0 saturated carbocycles. The fourth-order valence-electron chi connectivity index (χ4n) is 2.47. The first-order valence-corrected chi connectivity index (χ1v) is 8.23. The molecule has 0 atom stereocenters. The van der Waals surface area contributed by atoms with E-state index in [0.717, 1.165) is 12.1 Å². The highest BCUT2D eigenvalue weighted by Crippen LogP contribution is 2.24. The number of oxazole rings is 1. The van der Waals surface area contributed by atoms with Crippen LogP contribution in [0.25, 0.3) is 11.3 Å². The van der Waals surface area contributed by atoms with E-state index >= 15 is 0 Å². The van der Waals surface area contributed by atoms with Crippen molar-refractivity contribution < 1.29 is 22.8 Å². The molecule has 3 rings (SSSR count). The Morgan fingerprint density at radius 3 is 2.52 bits per heavy atom. The van der Waals surface area contributed by atoms with Gasteiger partial charge in [0, 0.05) is 30.2 Å². The Labute approximate surface area is 154 Å². The fourth-order valence-corrected chi connectivity index (χ4v) is 2.47. The summed E-state index contributed by atoms with van der Waals surface area (Å²) in [7, 11) is 0. The van der Waals surface area contributed by atoms with Gasteiger partial charge in [-0.25, -0.2) is 13.8 Å². The van der Waals surface area contributed by atoms with Crippen molar-refractivity contribution in [1.82, 2.24) is 4.98 Å². The quantitative estimate of drug-likeness (QED) is 0.653. The van der Waals surface area contributed by atoms with E-state index in [1.165, 1.54) is 19.2 Å². The van der Waals surface area contributed by atoms with Crippen LogP contribution in [0.3, 0.4) is 0 Å². The number of benzene rings is 2. The van der Waals surface area contributed by atoms with Gasteiger partial charge in [-0.15, -0.1) is 0 Å². The van der Waals surface area contributed by atoms with Crippen LogP contribution in [0.5, 0.6) is 0 Å². The number of carbonyl (C=O) groups is 2. The van der Waals surface area contributed by atoms with E-state index in [9.17, 15) is 18.4 Å². The molecule has 2 aromatic carbocycles. The van der Waals surface area contributed by atoms with Gasteiger partial charge >= 0.3 is 0 Å². The fraction of sp³-hybridized carbons (Fsp3) is 0.150. The highest BCUT2D eigenvalue weighted by Gasteiger charge is 2.13. The van der Waals surface area contributed by atoms with Crippen LogP contribution in [0.1, 0.15) is 29.6 Å². The van der Waals surface area contributed by atoms with Crippen LogP contribution in [0.2, 0.25) is 0 Å². The first-order chi connectivity index (χ1) is 12.9. The molecule has 1 heterocycles. The van der Waals surface area contributed by atoms with E-state index < -0.39 is 11.6 Å².